The van der Waals surface area contributed by atoms with Gasteiger partial charge in [0.25, 0.3) is 0 Å². The minimum Gasteiger partial charge on any atom is -0.507 e. The monoisotopic (exact) mass is 272 g/mol. The molecule has 0 atom stereocenters. The summed E-state index contributed by atoms with van der Waals surface area (Å²) in [7, 11) is 0. The van der Waals surface area contributed by atoms with Gasteiger partial charge in [-0.05, 0) is 17.3 Å². The van der Waals surface area contributed by atoms with Crippen molar-refractivity contribution >= 4 is 17.2 Å². The summed E-state index contributed by atoms with van der Waals surface area (Å²) in [6, 6.07) is 5.80. The molecule has 9 heteroatoms. The Labute approximate surface area is 112 Å². The predicted octanol–water partition coefficient (Wildman–Crippen LogP) is 0.580. The van der Waals surface area contributed by atoms with Gasteiger partial charge in [0.15, 0.2) is 0 Å². The number of allylic oxidation sites excluding steroid dienone is 1. The third kappa shape index (κ3) is 2.70. The van der Waals surface area contributed by atoms with Crippen LogP contribution < -0.4 is 5.32 Å². The molecule has 0 amide bonds. The molecule has 0 aliphatic heterocycles. The Balaban J connectivity index is 2.21. The van der Waals surface area contributed by atoms with Crippen LogP contribution in [0, 0.1) is 11.3 Å². The van der Waals surface area contributed by atoms with Crippen LogP contribution >= 0.6 is 0 Å². The third-order valence-electron chi connectivity index (χ3n) is 2.32. The van der Waals surface area contributed by atoms with E-state index in [0.717, 1.165) is 0 Å². The van der Waals surface area contributed by atoms with Crippen LogP contribution in [-0.4, -0.2) is 36.8 Å². The fourth-order valence-electron chi connectivity index (χ4n) is 1.38. The van der Waals surface area contributed by atoms with Crippen molar-refractivity contribution in [2.24, 2.45) is 0 Å². The molecule has 0 spiro atoms. The number of nitrogens with zero attached hydrogens (tertiary/aromatic N) is 4. The van der Waals surface area contributed by atoms with Crippen molar-refractivity contribution < 1.29 is 15.0 Å². The molecule has 0 saturated carbocycles. The molecule has 0 fully saturated rings. The third-order valence-corrected chi connectivity index (χ3v) is 2.32. The molecule has 0 aliphatic rings. The van der Waals surface area contributed by atoms with Gasteiger partial charge in [-0.1, -0.05) is 0 Å². The average molecular weight is 272 g/mol. The van der Waals surface area contributed by atoms with E-state index >= 15 is 0 Å². The molecular weight excluding hydrogens is 264 g/mol. The minimum absolute atomic E-state index is 0.117. The van der Waals surface area contributed by atoms with Gasteiger partial charge in [0.05, 0.1) is 0 Å². The standard InChI is InChI=1S/C11H8N6O3/c12-4-6(10-14-16-17-15-10)5-13-7-1-2-8(11(19)20)9(18)3-7/h1-3,5,13,18H,(H,19,20)(H,14,15,16,17). The fourth-order valence-corrected chi connectivity index (χ4v) is 1.38. The average Bonchev–Trinajstić information content (AvgIpc) is 2.93. The van der Waals surface area contributed by atoms with Crippen molar-refractivity contribution in [2.75, 3.05) is 5.32 Å². The molecule has 1 aromatic heterocycles. The molecule has 2 aromatic rings. The number of aromatic hydroxyl groups is 1. The van der Waals surface area contributed by atoms with Gasteiger partial charge in [-0.15, -0.1) is 10.2 Å². The molecule has 20 heavy (non-hydrogen) atoms. The maximum atomic E-state index is 10.7. The Hall–Kier alpha value is -3.41. The summed E-state index contributed by atoms with van der Waals surface area (Å²) < 4.78 is 0. The van der Waals surface area contributed by atoms with E-state index in [1.54, 1.807) is 0 Å². The van der Waals surface area contributed by atoms with Crippen molar-refractivity contribution in [1.82, 2.24) is 20.6 Å². The maximum absolute atomic E-state index is 10.7. The molecule has 2 rings (SSSR count). The zero-order chi connectivity index (χ0) is 14.5. The number of phenols is 1. The number of nitrogens with one attached hydrogen (secondary N) is 2. The van der Waals surface area contributed by atoms with Crippen LogP contribution in [-0.2, 0) is 0 Å². The number of hydrogen-bond acceptors (Lipinski definition) is 7. The van der Waals surface area contributed by atoms with Gasteiger partial charge < -0.3 is 15.5 Å². The van der Waals surface area contributed by atoms with Crippen LogP contribution in [0.25, 0.3) is 5.57 Å². The molecule has 9 nitrogen and oxygen atoms in total. The number of H-pyrrole nitrogens is 1. The fraction of sp³-hybridized carbons (Fsp3) is 0. The Morgan fingerprint density at radius 3 is 2.85 bits per heavy atom. The maximum Gasteiger partial charge on any atom is 0.339 e. The summed E-state index contributed by atoms with van der Waals surface area (Å²) in [5, 5.41) is 42.8. The Morgan fingerprint density at radius 2 is 2.30 bits per heavy atom. The number of tetrazole rings is 1. The molecule has 0 radical (unpaired) electrons. The lowest BCUT2D eigenvalue weighted by molar-refractivity contribution is 0.0694. The van der Waals surface area contributed by atoms with E-state index in [-0.39, 0.29) is 22.7 Å². The number of carboxylic acid groups (broad SMARTS) is 1. The van der Waals surface area contributed by atoms with Crippen molar-refractivity contribution in [3.8, 4) is 11.8 Å². The second-order valence-corrected chi connectivity index (χ2v) is 3.59. The predicted molar refractivity (Wildman–Crippen MR) is 66.5 cm³/mol. The largest absolute Gasteiger partial charge is 0.507 e. The molecule has 4 N–H and O–H groups in total. The second kappa shape index (κ2) is 5.49. The van der Waals surface area contributed by atoms with Crippen molar-refractivity contribution in [3.63, 3.8) is 0 Å². The first kappa shape index (κ1) is 13.0. The number of carboxylic acids is 1. The molecule has 0 bridgehead atoms. The van der Waals surface area contributed by atoms with Crippen molar-refractivity contribution in [2.45, 2.75) is 0 Å². The number of hydrogen-bond donors (Lipinski definition) is 4. The smallest absolute Gasteiger partial charge is 0.339 e. The number of rotatable bonds is 4. The van der Waals surface area contributed by atoms with Crippen LogP contribution in [0.15, 0.2) is 24.4 Å². The van der Waals surface area contributed by atoms with Crippen LogP contribution in [0.1, 0.15) is 16.2 Å². The number of nitriles is 1. The molecule has 0 saturated heterocycles. The summed E-state index contributed by atoms with van der Waals surface area (Å²) in [4.78, 5) is 10.7. The van der Waals surface area contributed by atoms with Gasteiger partial charge >= 0.3 is 5.97 Å². The van der Waals surface area contributed by atoms with E-state index in [2.05, 4.69) is 25.9 Å². The summed E-state index contributed by atoms with van der Waals surface area (Å²) in [6.07, 6.45) is 1.32. The molecule has 0 unspecified atom stereocenters. The summed E-state index contributed by atoms with van der Waals surface area (Å²) in [6.45, 7) is 0. The van der Waals surface area contributed by atoms with Crippen LogP contribution in [0.5, 0.6) is 5.75 Å². The van der Waals surface area contributed by atoms with Gasteiger partial charge in [0, 0.05) is 18.0 Å². The highest BCUT2D eigenvalue weighted by molar-refractivity contribution is 5.91. The second-order valence-electron chi connectivity index (χ2n) is 3.59. The van der Waals surface area contributed by atoms with Crippen LogP contribution in [0.2, 0.25) is 0 Å². The zero-order valence-electron chi connectivity index (χ0n) is 9.90. The van der Waals surface area contributed by atoms with E-state index in [9.17, 15) is 9.90 Å². The van der Waals surface area contributed by atoms with Crippen molar-refractivity contribution in [1.29, 1.82) is 5.26 Å². The van der Waals surface area contributed by atoms with E-state index in [1.807, 2.05) is 6.07 Å². The van der Waals surface area contributed by atoms with Gasteiger partial charge in [-0.25, -0.2) is 4.79 Å². The molecular formula is C11H8N6O3. The first-order chi connectivity index (χ1) is 9.61. The first-order valence-electron chi connectivity index (χ1n) is 5.28. The van der Waals surface area contributed by atoms with Gasteiger partial charge in [-0.2, -0.15) is 10.5 Å². The Kier molecular flexibility index (Phi) is 3.58. The van der Waals surface area contributed by atoms with E-state index < -0.39 is 5.97 Å². The zero-order valence-corrected chi connectivity index (χ0v) is 9.90. The quantitative estimate of drug-likeness (QED) is 0.590. The van der Waals surface area contributed by atoms with Crippen LogP contribution in [0.4, 0.5) is 5.69 Å². The summed E-state index contributed by atoms with van der Waals surface area (Å²) >= 11 is 0. The van der Waals surface area contributed by atoms with E-state index in [1.165, 1.54) is 24.4 Å². The lowest BCUT2D eigenvalue weighted by Gasteiger charge is -2.04. The van der Waals surface area contributed by atoms with E-state index in [4.69, 9.17) is 10.4 Å². The Bertz CT molecular complexity index is 701. The number of aromatic carboxylic acids is 1. The molecule has 1 heterocycles. The van der Waals surface area contributed by atoms with Crippen molar-refractivity contribution in [3.05, 3.63) is 35.8 Å². The van der Waals surface area contributed by atoms with Gasteiger partial charge in [-0.3, -0.25) is 0 Å². The number of benzene rings is 1. The number of anilines is 1. The summed E-state index contributed by atoms with van der Waals surface area (Å²) in [5.41, 5.74) is 0.322. The lowest BCUT2D eigenvalue weighted by atomic mass is 10.2. The molecule has 0 aliphatic carbocycles. The van der Waals surface area contributed by atoms with Gasteiger partial charge in [0.1, 0.15) is 23.0 Å². The highest BCUT2D eigenvalue weighted by Crippen LogP contribution is 2.22. The normalized spacial score (nSPS) is 10.8. The number of aromatic amines is 1. The van der Waals surface area contributed by atoms with Gasteiger partial charge in [0.2, 0.25) is 5.82 Å². The number of aromatic nitrogens is 4. The topological polar surface area (TPSA) is 148 Å². The SMILES string of the molecule is N#CC(=CNc1ccc(C(=O)O)c(O)c1)c1nn[nH]n1. The number of carbonyl (C=O) groups is 1. The summed E-state index contributed by atoms with van der Waals surface area (Å²) in [5.74, 6) is -1.49. The van der Waals surface area contributed by atoms with Crippen LogP contribution in [0.3, 0.4) is 0 Å². The highest BCUT2D eigenvalue weighted by Gasteiger charge is 2.10. The first-order valence-corrected chi connectivity index (χ1v) is 5.28. The van der Waals surface area contributed by atoms with E-state index in [0.29, 0.717) is 5.69 Å². The highest BCUT2D eigenvalue weighted by atomic mass is 16.4. The lowest BCUT2D eigenvalue weighted by Crippen LogP contribution is -1.98. The molecule has 100 valence electrons. The Morgan fingerprint density at radius 1 is 1.50 bits per heavy atom. The minimum atomic E-state index is -1.23. The molecule has 1 aromatic carbocycles.